The number of nitrogens with zero attached hydrogens (tertiary/aromatic N) is 1. The summed E-state index contributed by atoms with van der Waals surface area (Å²) in [5.74, 6) is 2.76. The highest BCUT2D eigenvalue weighted by Crippen LogP contribution is 2.48. The first-order valence-electron chi connectivity index (χ1n) is 6.63. The van der Waals surface area contributed by atoms with Crippen LogP contribution in [0.3, 0.4) is 0 Å². The first-order valence-corrected chi connectivity index (χ1v) is 8.30. The molecule has 18 heavy (non-hydrogen) atoms. The van der Waals surface area contributed by atoms with Gasteiger partial charge in [0.25, 0.3) is 5.91 Å². The van der Waals surface area contributed by atoms with Crippen molar-refractivity contribution >= 4 is 33.2 Å². The van der Waals surface area contributed by atoms with Crippen LogP contribution in [0.5, 0.6) is 0 Å². The summed E-state index contributed by atoms with van der Waals surface area (Å²) in [4.78, 5) is 14.2. The fraction of sp³-hybridized carbons (Fsp3) is 0.643. The van der Waals surface area contributed by atoms with Crippen LogP contribution in [0.15, 0.2) is 15.2 Å². The number of hydrogen-bond donors (Lipinski definition) is 0. The van der Waals surface area contributed by atoms with Crippen LogP contribution >= 0.6 is 27.3 Å². The van der Waals surface area contributed by atoms with Crippen LogP contribution in [-0.2, 0) is 0 Å². The van der Waals surface area contributed by atoms with Crippen molar-refractivity contribution in [3.8, 4) is 0 Å². The molecule has 4 heteroatoms. The molecule has 3 unspecified atom stereocenters. The van der Waals surface area contributed by atoms with E-state index in [1.807, 2.05) is 23.4 Å². The number of carbonyl (C=O) groups excluding carboxylic acids is 1. The minimum Gasteiger partial charge on any atom is -0.341 e. The second-order valence-corrected chi connectivity index (χ2v) is 8.05. The Labute approximate surface area is 120 Å². The zero-order valence-electron chi connectivity index (χ0n) is 10.6. The predicted octanol–water partition coefficient (Wildman–Crippen LogP) is 4.02. The molecule has 1 amide bonds. The molecule has 0 N–H and O–H groups in total. The number of carbonyl (C=O) groups is 1. The molecule has 2 nitrogen and oxygen atoms in total. The predicted molar refractivity (Wildman–Crippen MR) is 77.9 cm³/mol. The van der Waals surface area contributed by atoms with Gasteiger partial charge in [-0.25, -0.2) is 0 Å². The fourth-order valence-corrected chi connectivity index (χ4v) is 4.81. The van der Waals surface area contributed by atoms with Gasteiger partial charge in [0.2, 0.25) is 0 Å². The number of amides is 1. The molecule has 3 atom stereocenters. The van der Waals surface area contributed by atoms with Gasteiger partial charge in [-0.05, 0) is 59.0 Å². The molecule has 2 saturated carbocycles. The van der Waals surface area contributed by atoms with Crippen molar-refractivity contribution < 1.29 is 4.79 Å². The lowest BCUT2D eigenvalue weighted by Crippen LogP contribution is -2.33. The molecule has 3 rings (SSSR count). The summed E-state index contributed by atoms with van der Waals surface area (Å²) >= 11 is 4.99. The Balaban J connectivity index is 1.61. The topological polar surface area (TPSA) is 20.3 Å². The monoisotopic (exact) mass is 327 g/mol. The number of rotatable bonds is 3. The Hall–Kier alpha value is -0.350. The highest BCUT2D eigenvalue weighted by atomic mass is 79.9. The van der Waals surface area contributed by atoms with Crippen molar-refractivity contribution in [1.29, 1.82) is 0 Å². The van der Waals surface area contributed by atoms with Crippen LogP contribution in [0.25, 0.3) is 0 Å². The second kappa shape index (κ2) is 4.97. The van der Waals surface area contributed by atoms with Crippen LogP contribution in [0, 0.1) is 17.8 Å². The fourth-order valence-electron chi connectivity index (χ4n) is 3.68. The summed E-state index contributed by atoms with van der Waals surface area (Å²) in [5.41, 5.74) is 0.817. The van der Waals surface area contributed by atoms with Crippen LogP contribution in [-0.4, -0.2) is 24.4 Å². The van der Waals surface area contributed by atoms with Crippen LogP contribution in [0.2, 0.25) is 0 Å². The lowest BCUT2D eigenvalue weighted by molar-refractivity contribution is 0.0755. The Morgan fingerprint density at radius 1 is 1.50 bits per heavy atom. The third-order valence-electron chi connectivity index (χ3n) is 4.55. The number of thiophene rings is 1. The van der Waals surface area contributed by atoms with Crippen molar-refractivity contribution in [2.24, 2.45) is 17.8 Å². The van der Waals surface area contributed by atoms with E-state index in [4.69, 9.17) is 0 Å². The molecular weight excluding hydrogens is 310 g/mol. The smallest absolute Gasteiger partial charge is 0.254 e. The molecule has 0 saturated heterocycles. The van der Waals surface area contributed by atoms with E-state index in [0.29, 0.717) is 0 Å². The van der Waals surface area contributed by atoms with E-state index in [2.05, 4.69) is 15.9 Å². The van der Waals surface area contributed by atoms with Gasteiger partial charge in [0.1, 0.15) is 0 Å². The molecule has 2 aliphatic carbocycles. The van der Waals surface area contributed by atoms with Crippen LogP contribution in [0.4, 0.5) is 0 Å². The minimum absolute atomic E-state index is 0.166. The molecule has 1 aromatic rings. The van der Waals surface area contributed by atoms with E-state index < -0.39 is 0 Å². The van der Waals surface area contributed by atoms with Crippen molar-refractivity contribution in [3.05, 3.63) is 20.8 Å². The van der Waals surface area contributed by atoms with Gasteiger partial charge in [0, 0.05) is 19.0 Å². The summed E-state index contributed by atoms with van der Waals surface area (Å²) in [5, 5.41) is 1.93. The van der Waals surface area contributed by atoms with E-state index >= 15 is 0 Å². The van der Waals surface area contributed by atoms with Crippen molar-refractivity contribution in [2.45, 2.75) is 25.7 Å². The lowest BCUT2D eigenvalue weighted by Gasteiger charge is -2.27. The Morgan fingerprint density at radius 3 is 2.89 bits per heavy atom. The average molecular weight is 328 g/mol. The Kier molecular flexibility index (Phi) is 3.50. The van der Waals surface area contributed by atoms with E-state index in [-0.39, 0.29) is 5.91 Å². The van der Waals surface area contributed by atoms with Gasteiger partial charge >= 0.3 is 0 Å². The van der Waals surface area contributed by atoms with Gasteiger partial charge in [0.05, 0.1) is 9.35 Å². The molecule has 2 aliphatic rings. The Morgan fingerprint density at radius 2 is 2.33 bits per heavy atom. The van der Waals surface area contributed by atoms with E-state index in [0.717, 1.165) is 33.6 Å². The normalized spacial score (nSPS) is 29.8. The molecule has 1 aromatic heterocycles. The van der Waals surface area contributed by atoms with Gasteiger partial charge < -0.3 is 4.90 Å². The summed E-state index contributed by atoms with van der Waals surface area (Å²) in [6, 6.07) is 1.92. The first kappa shape index (κ1) is 12.7. The van der Waals surface area contributed by atoms with Crippen molar-refractivity contribution in [1.82, 2.24) is 4.90 Å². The number of halogens is 1. The molecule has 98 valence electrons. The first-order chi connectivity index (χ1) is 8.63. The molecule has 0 spiro atoms. The SMILES string of the molecule is CN(CC1CC2CCC1C2)C(=O)c1csc(Br)c1. The standard InChI is InChI=1S/C14H18BrNOS/c1-16(14(17)12-6-13(15)18-8-12)7-11-5-9-2-3-10(11)4-9/h6,8-11H,2-5,7H2,1H3. The average Bonchev–Trinajstić information content (AvgIpc) is 3.03. The molecule has 2 fully saturated rings. The quantitative estimate of drug-likeness (QED) is 0.821. The maximum absolute atomic E-state index is 12.3. The largest absolute Gasteiger partial charge is 0.341 e. The number of fused-ring (bicyclic) bond motifs is 2. The van der Waals surface area contributed by atoms with Gasteiger partial charge in [-0.3, -0.25) is 4.79 Å². The molecule has 0 aromatic carbocycles. The molecular formula is C14H18BrNOS. The summed E-state index contributed by atoms with van der Waals surface area (Å²) in [6.07, 6.45) is 5.57. The van der Waals surface area contributed by atoms with E-state index in [1.54, 1.807) is 11.3 Å². The van der Waals surface area contributed by atoms with Gasteiger partial charge in [-0.2, -0.15) is 0 Å². The molecule has 0 radical (unpaired) electrons. The molecule has 0 aliphatic heterocycles. The summed E-state index contributed by atoms with van der Waals surface area (Å²) < 4.78 is 1.03. The second-order valence-electron chi connectivity index (χ2n) is 5.76. The zero-order valence-corrected chi connectivity index (χ0v) is 13.0. The van der Waals surface area contributed by atoms with Gasteiger partial charge in [0.15, 0.2) is 0 Å². The van der Waals surface area contributed by atoms with Crippen LogP contribution < -0.4 is 0 Å². The van der Waals surface area contributed by atoms with Gasteiger partial charge in [-0.1, -0.05) is 6.42 Å². The number of hydrogen-bond acceptors (Lipinski definition) is 2. The Bertz CT molecular complexity index is 458. The van der Waals surface area contributed by atoms with E-state index in [1.165, 1.54) is 25.7 Å². The highest BCUT2D eigenvalue weighted by Gasteiger charge is 2.40. The van der Waals surface area contributed by atoms with E-state index in [9.17, 15) is 4.79 Å². The van der Waals surface area contributed by atoms with Crippen molar-refractivity contribution in [2.75, 3.05) is 13.6 Å². The summed E-state index contributed by atoms with van der Waals surface area (Å²) in [6.45, 7) is 0.938. The minimum atomic E-state index is 0.166. The maximum Gasteiger partial charge on any atom is 0.254 e. The molecule has 1 heterocycles. The van der Waals surface area contributed by atoms with Crippen molar-refractivity contribution in [3.63, 3.8) is 0 Å². The highest BCUT2D eigenvalue weighted by molar-refractivity contribution is 9.11. The zero-order chi connectivity index (χ0) is 12.7. The summed E-state index contributed by atoms with van der Waals surface area (Å²) in [7, 11) is 1.94. The third kappa shape index (κ3) is 2.37. The third-order valence-corrected chi connectivity index (χ3v) is 6.06. The molecule has 2 bridgehead atoms. The lowest BCUT2D eigenvalue weighted by atomic mass is 9.88. The van der Waals surface area contributed by atoms with Crippen LogP contribution in [0.1, 0.15) is 36.0 Å². The maximum atomic E-state index is 12.3. The van der Waals surface area contributed by atoms with Gasteiger partial charge in [-0.15, -0.1) is 11.3 Å².